The average Bonchev–Trinajstić information content (AvgIpc) is 2.31. The number of aromatic nitrogens is 3. The molecule has 0 fully saturated rings. The van der Waals surface area contributed by atoms with Crippen molar-refractivity contribution in [3.8, 4) is 0 Å². The van der Waals surface area contributed by atoms with Gasteiger partial charge in [0, 0.05) is 13.2 Å². The second-order valence-corrected chi connectivity index (χ2v) is 3.01. The number of H-pyrrole nitrogens is 2. The molecule has 0 aliphatic carbocycles. The molecule has 0 unspecified atom stereocenters. The lowest BCUT2D eigenvalue weighted by atomic mass is 10.5. The SMILES string of the molecule is Cn1ccc2[nH]c(=O)[nH]c(=S)c21. The fourth-order valence-corrected chi connectivity index (χ4v) is 1.58. The monoisotopic (exact) mass is 181 g/mol. The van der Waals surface area contributed by atoms with Crippen molar-refractivity contribution in [2.24, 2.45) is 7.05 Å². The van der Waals surface area contributed by atoms with Gasteiger partial charge in [-0.25, -0.2) is 4.79 Å². The highest BCUT2D eigenvalue weighted by molar-refractivity contribution is 7.71. The van der Waals surface area contributed by atoms with E-state index in [-0.39, 0.29) is 5.69 Å². The molecule has 0 radical (unpaired) electrons. The van der Waals surface area contributed by atoms with Crippen LogP contribution in [-0.2, 0) is 7.05 Å². The Morgan fingerprint density at radius 3 is 3.00 bits per heavy atom. The minimum atomic E-state index is -0.265. The third kappa shape index (κ3) is 0.902. The molecule has 0 aromatic carbocycles. The number of aromatic amines is 2. The molecule has 2 aromatic rings. The van der Waals surface area contributed by atoms with Crippen LogP contribution >= 0.6 is 12.2 Å². The molecule has 0 atom stereocenters. The van der Waals surface area contributed by atoms with Gasteiger partial charge in [-0.15, -0.1) is 0 Å². The second-order valence-electron chi connectivity index (χ2n) is 2.60. The first-order valence-electron chi connectivity index (χ1n) is 3.46. The van der Waals surface area contributed by atoms with Crippen molar-refractivity contribution in [1.82, 2.24) is 14.5 Å². The topological polar surface area (TPSA) is 53.6 Å². The van der Waals surface area contributed by atoms with Crippen molar-refractivity contribution in [3.63, 3.8) is 0 Å². The van der Waals surface area contributed by atoms with Crippen LogP contribution in [0.1, 0.15) is 0 Å². The maximum Gasteiger partial charge on any atom is 0.324 e. The molecule has 2 aromatic heterocycles. The van der Waals surface area contributed by atoms with Gasteiger partial charge in [0.15, 0.2) is 0 Å². The summed E-state index contributed by atoms with van der Waals surface area (Å²) in [5.41, 5.74) is 1.36. The summed E-state index contributed by atoms with van der Waals surface area (Å²) >= 11 is 4.99. The molecule has 2 rings (SSSR count). The normalized spacial score (nSPS) is 10.8. The molecular formula is C7H7N3OS. The van der Waals surface area contributed by atoms with Crippen LogP contribution in [0.25, 0.3) is 11.0 Å². The molecule has 0 saturated heterocycles. The Hall–Kier alpha value is -1.36. The predicted octanol–water partition coefficient (Wildman–Crippen LogP) is 0.924. The lowest BCUT2D eigenvalue weighted by Gasteiger charge is -1.94. The fourth-order valence-electron chi connectivity index (χ4n) is 1.23. The van der Waals surface area contributed by atoms with Gasteiger partial charge in [0.25, 0.3) is 0 Å². The van der Waals surface area contributed by atoms with Crippen molar-refractivity contribution < 1.29 is 0 Å². The molecule has 0 bridgehead atoms. The minimum absolute atomic E-state index is 0.265. The van der Waals surface area contributed by atoms with Gasteiger partial charge in [0.2, 0.25) is 0 Å². The molecule has 5 heteroatoms. The molecule has 0 aliphatic heterocycles. The van der Waals surface area contributed by atoms with Gasteiger partial charge in [-0.2, -0.15) is 0 Å². The third-order valence-corrected chi connectivity index (χ3v) is 2.06. The van der Waals surface area contributed by atoms with Crippen molar-refractivity contribution >= 4 is 23.3 Å². The van der Waals surface area contributed by atoms with E-state index in [9.17, 15) is 4.79 Å². The van der Waals surface area contributed by atoms with E-state index >= 15 is 0 Å². The number of fused-ring (bicyclic) bond motifs is 1. The first-order chi connectivity index (χ1) is 5.68. The summed E-state index contributed by atoms with van der Waals surface area (Å²) in [5, 5.41) is 0. The molecule has 0 amide bonds. The van der Waals surface area contributed by atoms with Gasteiger partial charge in [-0.1, -0.05) is 12.2 Å². The maximum absolute atomic E-state index is 10.9. The van der Waals surface area contributed by atoms with Crippen molar-refractivity contribution in [1.29, 1.82) is 0 Å². The highest BCUT2D eigenvalue weighted by Gasteiger charge is 1.99. The Bertz CT molecular complexity index is 533. The van der Waals surface area contributed by atoms with Crippen LogP contribution in [-0.4, -0.2) is 14.5 Å². The zero-order chi connectivity index (χ0) is 8.72. The van der Waals surface area contributed by atoms with Gasteiger partial charge in [-0.05, 0) is 6.07 Å². The standard InChI is InChI=1S/C7H7N3OS/c1-10-3-2-4-5(10)6(12)9-7(11)8-4/h2-3H,1H3,(H2,8,9,11,12). The lowest BCUT2D eigenvalue weighted by molar-refractivity contribution is 0.955. The van der Waals surface area contributed by atoms with Crippen LogP contribution in [0.3, 0.4) is 0 Å². The zero-order valence-corrected chi connectivity index (χ0v) is 7.23. The molecule has 2 heterocycles. The van der Waals surface area contributed by atoms with E-state index in [0.717, 1.165) is 11.0 Å². The zero-order valence-electron chi connectivity index (χ0n) is 6.42. The van der Waals surface area contributed by atoms with Crippen LogP contribution in [0.15, 0.2) is 17.1 Å². The lowest BCUT2D eigenvalue weighted by Crippen LogP contribution is -2.09. The first kappa shape index (κ1) is 7.30. The minimum Gasteiger partial charge on any atom is -0.347 e. The molecule has 4 nitrogen and oxygen atoms in total. The third-order valence-electron chi connectivity index (χ3n) is 1.76. The summed E-state index contributed by atoms with van der Waals surface area (Å²) in [5.74, 6) is 0. The second kappa shape index (κ2) is 2.31. The number of nitrogens with zero attached hydrogens (tertiary/aromatic N) is 1. The number of hydrogen-bond donors (Lipinski definition) is 2. The summed E-state index contributed by atoms with van der Waals surface area (Å²) in [7, 11) is 1.88. The van der Waals surface area contributed by atoms with E-state index in [0.29, 0.717) is 4.64 Å². The predicted molar refractivity (Wildman–Crippen MR) is 48.7 cm³/mol. The number of nitrogens with one attached hydrogen (secondary N) is 2. The Morgan fingerprint density at radius 2 is 2.25 bits per heavy atom. The quantitative estimate of drug-likeness (QED) is 0.594. The van der Waals surface area contributed by atoms with Crippen LogP contribution in [0.2, 0.25) is 0 Å². The highest BCUT2D eigenvalue weighted by atomic mass is 32.1. The Morgan fingerprint density at radius 1 is 1.50 bits per heavy atom. The van der Waals surface area contributed by atoms with E-state index in [4.69, 9.17) is 12.2 Å². The van der Waals surface area contributed by atoms with Gasteiger partial charge in [0.05, 0.1) is 11.0 Å². The van der Waals surface area contributed by atoms with Crippen molar-refractivity contribution in [3.05, 3.63) is 27.4 Å². The molecule has 2 N–H and O–H groups in total. The number of rotatable bonds is 0. The molecular weight excluding hydrogens is 174 g/mol. The summed E-state index contributed by atoms with van der Waals surface area (Å²) in [6.07, 6.45) is 1.85. The molecule has 62 valence electrons. The maximum atomic E-state index is 10.9. The van der Waals surface area contributed by atoms with E-state index in [2.05, 4.69) is 9.97 Å². The summed E-state index contributed by atoms with van der Waals surface area (Å²) in [6, 6.07) is 1.82. The Kier molecular flexibility index (Phi) is 1.41. The Labute approximate surface area is 72.9 Å². The van der Waals surface area contributed by atoms with Gasteiger partial charge in [-0.3, -0.25) is 4.98 Å². The van der Waals surface area contributed by atoms with E-state index in [1.165, 1.54) is 0 Å². The van der Waals surface area contributed by atoms with Crippen LogP contribution < -0.4 is 5.69 Å². The number of hydrogen-bond acceptors (Lipinski definition) is 2. The summed E-state index contributed by atoms with van der Waals surface area (Å²) in [4.78, 5) is 16.1. The largest absolute Gasteiger partial charge is 0.347 e. The molecule has 0 aliphatic rings. The van der Waals surface area contributed by atoms with Gasteiger partial charge in [0.1, 0.15) is 4.64 Å². The molecule has 12 heavy (non-hydrogen) atoms. The average molecular weight is 181 g/mol. The van der Waals surface area contributed by atoms with E-state index in [1.54, 1.807) is 0 Å². The van der Waals surface area contributed by atoms with Gasteiger partial charge >= 0.3 is 5.69 Å². The van der Waals surface area contributed by atoms with Crippen LogP contribution in [0, 0.1) is 4.64 Å². The smallest absolute Gasteiger partial charge is 0.324 e. The van der Waals surface area contributed by atoms with Crippen LogP contribution in [0.5, 0.6) is 0 Å². The Balaban J connectivity index is 3.13. The van der Waals surface area contributed by atoms with Crippen LogP contribution in [0.4, 0.5) is 0 Å². The van der Waals surface area contributed by atoms with Crippen molar-refractivity contribution in [2.75, 3.05) is 0 Å². The van der Waals surface area contributed by atoms with E-state index in [1.807, 2.05) is 23.9 Å². The fraction of sp³-hybridized carbons (Fsp3) is 0.143. The summed E-state index contributed by atoms with van der Waals surface area (Å²) in [6.45, 7) is 0. The van der Waals surface area contributed by atoms with Gasteiger partial charge < -0.3 is 9.55 Å². The highest BCUT2D eigenvalue weighted by Crippen LogP contribution is 2.09. The summed E-state index contributed by atoms with van der Waals surface area (Å²) < 4.78 is 2.34. The molecule has 0 spiro atoms. The van der Waals surface area contributed by atoms with E-state index < -0.39 is 0 Å². The number of aryl methyl sites for hydroxylation is 1. The van der Waals surface area contributed by atoms with Crippen molar-refractivity contribution in [2.45, 2.75) is 0 Å². The first-order valence-corrected chi connectivity index (χ1v) is 3.87. The molecule has 0 saturated carbocycles.